The van der Waals surface area contributed by atoms with Crippen LogP contribution in [-0.4, -0.2) is 49.2 Å². The van der Waals surface area contributed by atoms with Crippen LogP contribution in [0.2, 0.25) is 0 Å². The molecule has 0 bridgehead atoms. The number of anilines is 1. The summed E-state index contributed by atoms with van der Waals surface area (Å²) in [5.41, 5.74) is 0.917. The summed E-state index contributed by atoms with van der Waals surface area (Å²) in [6.45, 7) is 2.38. The van der Waals surface area contributed by atoms with E-state index >= 15 is 0 Å². The highest BCUT2D eigenvalue weighted by molar-refractivity contribution is 5.94. The standard InChI is InChI=1S/C14H20N2O2/c1-15(13-5-3-2-4-6-13)14(18)10-16-8-7-12(9-16)11-17/h2-6,12,17H,7-11H2,1H3. The van der Waals surface area contributed by atoms with Crippen molar-refractivity contribution in [3.05, 3.63) is 30.3 Å². The SMILES string of the molecule is CN(C(=O)CN1CCC(CO)C1)c1ccccc1. The molecular weight excluding hydrogens is 228 g/mol. The summed E-state index contributed by atoms with van der Waals surface area (Å²) >= 11 is 0. The second-order valence-corrected chi connectivity index (χ2v) is 4.86. The normalized spacial score (nSPS) is 20.0. The average Bonchev–Trinajstić information content (AvgIpc) is 2.86. The Kier molecular flexibility index (Phi) is 4.33. The van der Waals surface area contributed by atoms with Gasteiger partial charge in [-0.3, -0.25) is 9.69 Å². The molecule has 0 aliphatic carbocycles. The predicted octanol–water partition coefficient (Wildman–Crippen LogP) is 0.964. The number of rotatable bonds is 4. The lowest BCUT2D eigenvalue weighted by molar-refractivity contribution is -0.119. The molecule has 1 amide bonds. The highest BCUT2D eigenvalue weighted by Gasteiger charge is 2.24. The first kappa shape index (κ1) is 13.1. The van der Waals surface area contributed by atoms with Crippen LogP contribution in [0, 0.1) is 5.92 Å². The Labute approximate surface area is 108 Å². The molecule has 0 saturated carbocycles. The van der Waals surface area contributed by atoms with E-state index in [1.54, 1.807) is 11.9 Å². The molecule has 0 spiro atoms. The fourth-order valence-electron chi connectivity index (χ4n) is 2.30. The average molecular weight is 248 g/mol. The molecule has 1 heterocycles. The van der Waals surface area contributed by atoms with Gasteiger partial charge in [-0.1, -0.05) is 18.2 Å². The maximum absolute atomic E-state index is 12.1. The van der Waals surface area contributed by atoms with Crippen molar-refractivity contribution >= 4 is 11.6 Å². The monoisotopic (exact) mass is 248 g/mol. The number of likely N-dealkylation sites (N-methyl/N-ethyl adjacent to an activating group) is 1. The largest absolute Gasteiger partial charge is 0.396 e. The minimum absolute atomic E-state index is 0.0970. The zero-order valence-electron chi connectivity index (χ0n) is 10.7. The molecule has 4 nitrogen and oxygen atoms in total. The van der Waals surface area contributed by atoms with Gasteiger partial charge in [-0.2, -0.15) is 0 Å². The van der Waals surface area contributed by atoms with Crippen LogP contribution in [0.1, 0.15) is 6.42 Å². The second-order valence-electron chi connectivity index (χ2n) is 4.86. The van der Waals surface area contributed by atoms with Crippen LogP contribution in [0.25, 0.3) is 0 Å². The van der Waals surface area contributed by atoms with Gasteiger partial charge in [-0.05, 0) is 31.0 Å². The summed E-state index contributed by atoms with van der Waals surface area (Å²) in [6, 6.07) is 9.65. The topological polar surface area (TPSA) is 43.8 Å². The van der Waals surface area contributed by atoms with Gasteiger partial charge in [0.2, 0.25) is 5.91 Å². The van der Waals surface area contributed by atoms with Gasteiger partial charge in [0.15, 0.2) is 0 Å². The summed E-state index contributed by atoms with van der Waals surface area (Å²) in [7, 11) is 1.80. The van der Waals surface area contributed by atoms with Gasteiger partial charge in [0.1, 0.15) is 0 Å². The number of para-hydroxylation sites is 1. The lowest BCUT2D eigenvalue weighted by atomic mass is 10.1. The number of likely N-dealkylation sites (tertiary alicyclic amines) is 1. The zero-order chi connectivity index (χ0) is 13.0. The number of carbonyl (C=O) groups is 1. The minimum atomic E-state index is 0.0970. The van der Waals surface area contributed by atoms with Crippen LogP contribution in [0.3, 0.4) is 0 Å². The molecule has 1 aromatic rings. The first-order valence-corrected chi connectivity index (χ1v) is 6.35. The Bertz CT molecular complexity index is 394. The maximum Gasteiger partial charge on any atom is 0.240 e. The Balaban J connectivity index is 1.89. The molecular formula is C14H20N2O2. The molecule has 0 radical (unpaired) electrons. The molecule has 98 valence electrons. The van der Waals surface area contributed by atoms with E-state index in [9.17, 15) is 4.79 Å². The van der Waals surface area contributed by atoms with Crippen molar-refractivity contribution < 1.29 is 9.90 Å². The number of hydrogen-bond donors (Lipinski definition) is 1. The van der Waals surface area contributed by atoms with E-state index in [-0.39, 0.29) is 12.5 Å². The van der Waals surface area contributed by atoms with E-state index in [1.807, 2.05) is 30.3 Å². The maximum atomic E-state index is 12.1. The van der Waals surface area contributed by atoms with Crippen molar-refractivity contribution in [3.8, 4) is 0 Å². The van der Waals surface area contributed by atoms with Crippen LogP contribution in [0.5, 0.6) is 0 Å². The van der Waals surface area contributed by atoms with E-state index in [0.717, 1.165) is 25.2 Å². The van der Waals surface area contributed by atoms with Gasteiger partial charge in [-0.15, -0.1) is 0 Å². The number of amides is 1. The summed E-state index contributed by atoms with van der Waals surface area (Å²) < 4.78 is 0. The third-order valence-electron chi connectivity index (χ3n) is 3.50. The lowest BCUT2D eigenvalue weighted by Gasteiger charge is -2.21. The fraction of sp³-hybridized carbons (Fsp3) is 0.500. The fourth-order valence-corrected chi connectivity index (χ4v) is 2.30. The van der Waals surface area contributed by atoms with Gasteiger partial charge in [0.05, 0.1) is 6.54 Å². The number of nitrogens with zero attached hydrogens (tertiary/aromatic N) is 2. The van der Waals surface area contributed by atoms with Crippen molar-refractivity contribution in [2.75, 3.05) is 38.2 Å². The first-order valence-electron chi connectivity index (χ1n) is 6.35. The smallest absolute Gasteiger partial charge is 0.240 e. The van der Waals surface area contributed by atoms with E-state index in [2.05, 4.69) is 4.90 Å². The minimum Gasteiger partial charge on any atom is -0.396 e. The quantitative estimate of drug-likeness (QED) is 0.863. The zero-order valence-corrected chi connectivity index (χ0v) is 10.7. The molecule has 1 N–H and O–H groups in total. The van der Waals surface area contributed by atoms with Gasteiger partial charge in [0.25, 0.3) is 0 Å². The molecule has 1 atom stereocenters. The van der Waals surface area contributed by atoms with Crippen molar-refractivity contribution in [1.29, 1.82) is 0 Å². The summed E-state index contributed by atoms with van der Waals surface area (Å²) in [4.78, 5) is 15.9. The summed E-state index contributed by atoms with van der Waals surface area (Å²) in [5.74, 6) is 0.430. The van der Waals surface area contributed by atoms with Gasteiger partial charge < -0.3 is 10.0 Å². The molecule has 4 heteroatoms. The molecule has 1 aliphatic heterocycles. The number of aliphatic hydroxyl groups is 1. The number of carbonyl (C=O) groups excluding carboxylic acids is 1. The molecule has 1 saturated heterocycles. The van der Waals surface area contributed by atoms with E-state index in [4.69, 9.17) is 5.11 Å². The Morgan fingerprint density at radius 1 is 1.44 bits per heavy atom. The van der Waals surface area contributed by atoms with Crippen LogP contribution >= 0.6 is 0 Å². The van der Waals surface area contributed by atoms with Gasteiger partial charge in [-0.25, -0.2) is 0 Å². The Morgan fingerprint density at radius 3 is 2.78 bits per heavy atom. The van der Waals surface area contributed by atoms with Crippen molar-refractivity contribution in [1.82, 2.24) is 4.90 Å². The molecule has 1 unspecified atom stereocenters. The third-order valence-corrected chi connectivity index (χ3v) is 3.50. The highest BCUT2D eigenvalue weighted by atomic mass is 16.3. The van der Waals surface area contributed by atoms with E-state index in [0.29, 0.717) is 12.5 Å². The van der Waals surface area contributed by atoms with Crippen LogP contribution < -0.4 is 4.90 Å². The van der Waals surface area contributed by atoms with Crippen molar-refractivity contribution in [2.24, 2.45) is 5.92 Å². The molecule has 1 aromatic carbocycles. The number of benzene rings is 1. The number of aliphatic hydroxyl groups excluding tert-OH is 1. The first-order chi connectivity index (χ1) is 8.70. The molecule has 1 aliphatic rings. The third kappa shape index (κ3) is 3.09. The van der Waals surface area contributed by atoms with Crippen LogP contribution in [0.4, 0.5) is 5.69 Å². The summed E-state index contributed by atoms with van der Waals surface area (Å²) in [6.07, 6.45) is 0.985. The second kappa shape index (κ2) is 5.98. The van der Waals surface area contributed by atoms with E-state index in [1.165, 1.54) is 0 Å². The lowest BCUT2D eigenvalue weighted by Crippen LogP contribution is -2.37. The van der Waals surface area contributed by atoms with Gasteiger partial charge in [0, 0.05) is 25.9 Å². The highest BCUT2D eigenvalue weighted by Crippen LogP contribution is 2.16. The van der Waals surface area contributed by atoms with Crippen LogP contribution in [0.15, 0.2) is 30.3 Å². The Morgan fingerprint density at radius 2 is 2.17 bits per heavy atom. The molecule has 18 heavy (non-hydrogen) atoms. The van der Waals surface area contributed by atoms with Crippen LogP contribution in [-0.2, 0) is 4.79 Å². The van der Waals surface area contributed by atoms with Crippen molar-refractivity contribution in [3.63, 3.8) is 0 Å². The molecule has 2 rings (SSSR count). The predicted molar refractivity (Wildman–Crippen MR) is 71.5 cm³/mol. The van der Waals surface area contributed by atoms with E-state index < -0.39 is 0 Å². The number of hydrogen-bond acceptors (Lipinski definition) is 3. The van der Waals surface area contributed by atoms with Gasteiger partial charge >= 0.3 is 0 Å². The molecule has 0 aromatic heterocycles. The summed E-state index contributed by atoms with van der Waals surface area (Å²) in [5, 5.41) is 9.08. The Hall–Kier alpha value is -1.39. The molecule has 1 fully saturated rings. The van der Waals surface area contributed by atoms with Crippen molar-refractivity contribution in [2.45, 2.75) is 6.42 Å².